The maximum Gasteiger partial charge on any atom is 0.265 e. The first-order valence-corrected chi connectivity index (χ1v) is 9.54. The Morgan fingerprint density at radius 2 is 1.77 bits per heavy atom. The zero-order chi connectivity index (χ0) is 20.7. The number of hydrogen-bond acceptors (Lipinski definition) is 5. The Balaban J connectivity index is 1.83. The third-order valence-corrected chi connectivity index (χ3v) is 4.93. The van der Waals surface area contributed by atoms with Gasteiger partial charge in [-0.25, -0.2) is 15.0 Å². The second-order valence-corrected chi connectivity index (χ2v) is 7.04. The predicted molar refractivity (Wildman–Crippen MR) is 119 cm³/mol. The molecule has 0 aliphatic rings. The first-order chi connectivity index (χ1) is 14.7. The number of aryl methyl sites for hydroxylation is 1. The van der Waals surface area contributed by atoms with Gasteiger partial charge in [0.2, 0.25) is 0 Å². The van der Waals surface area contributed by atoms with Crippen LogP contribution in [0.4, 0.5) is 0 Å². The van der Waals surface area contributed by atoms with Crippen LogP contribution in [0.2, 0.25) is 0 Å². The van der Waals surface area contributed by atoms with Crippen LogP contribution in [0.25, 0.3) is 33.2 Å². The molecule has 30 heavy (non-hydrogen) atoms. The third kappa shape index (κ3) is 2.88. The first kappa shape index (κ1) is 17.9. The van der Waals surface area contributed by atoms with Gasteiger partial charge in [0.1, 0.15) is 17.2 Å². The van der Waals surface area contributed by atoms with E-state index in [1.165, 1.54) is 16.5 Å². The van der Waals surface area contributed by atoms with Crippen LogP contribution >= 0.6 is 0 Å². The molecule has 5 rings (SSSR count). The quantitative estimate of drug-likeness (QED) is 0.344. The van der Waals surface area contributed by atoms with Gasteiger partial charge in [0.05, 0.1) is 17.2 Å². The molecule has 0 bridgehead atoms. The Morgan fingerprint density at radius 1 is 1.03 bits per heavy atom. The molecule has 0 fully saturated rings. The fourth-order valence-electron chi connectivity index (χ4n) is 3.41. The van der Waals surface area contributed by atoms with Crippen LogP contribution in [0.5, 0.6) is 0 Å². The lowest BCUT2D eigenvalue weighted by Crippen LogP contribution is -2.19. The van der Waals surface area contributed by atoms with E-state index >= 15 is 0 Å². The van der Waals surface area contributed by atoms with E-state index in [1.807, 2.05) is 55.5 Å². The lowest BCUT2D eigenvalue weighted by molar-refractivity contribution is 0.763. The summed E-state index contributed by atoms with van der Waals surface area (Å²) < 4.78 is 3.09. The van der Waals surface area contributed by atoms with Crippen molar-refractivity contribution < 1.29 is 0 Å². The molecule has 7 nitrogen and oxygen atoms in total. The van der Waals surface area contributed by atoms with Crippen molar-refractivity contribution in [2.75, 3.05) is 0 Å². The Kier molecular flexibility index (Phi) is 4.21. The summed E-state index contributed by atoms with van der Waals surface area (Å²) in [6.07, 6.45) is 4.89. The second-order valence-electron chi connectivity index (χ2n) is 7.04. The SMILES string of the molecule is C=CCn1cnc2c(c1=O)c1nc3ccccc3nc1n2/N=C/c1ccc(C)cc1. The molecule has 0 saturated heterocycles. The highest BCUT2D eigenvalue weighted by Crippen LogP contribution is 2.24. The summed E-state index contributed by atoms with van der Waals surface area (Å²) >= 11 is 0. The number of allylic oxidation sites excluding steroid dienone is 1. The normalized spacial score (nSPS) is 11.8. The van der Waals surface area contributed by atoms with Crippen LogP contribution in [0.3, 0.4) is 0 Å². The monoisotopic (exact) mass is 394 g/mol. The van der Waals surface area contributed by atoms with Gasteiger partial charge in [-0.2, -0.15) is 9.78 Å². The van der Waals surface area contributed by atoms with Gasteiger partial charge in [-0.3, -0.25) is 9.36 Å². The number of fused-ring (bicyclic) bond motifs is 4. The van der Waals surface area contributed by atoms with E-state index in [0.29, 0.717) is 34.3 Å². The Morgan fingerprint density at radius 3 is 2.50 bits per heavy atom. The molecule has 2 aromatic carbocycles. The van der Waals surface area contributed by atoms with Gasteiger partial charge in [-0.1, -0.05) is 48.0 Å². The predicted octanol–water partition coefficient (Wildman–Crippen LogP) is 3.67. The maximum absolute atomic E-state index is 13.1. The zero-order valence-corrected chi connectivity index (χ0v) is 16.4. The van der Waals surface area contributed by atoms with Crippen molar-refractivity contribution in [1.82, 2.24) is 24.2 Å². The Hall–Kier alpha value is -4.13. The molecule has 0 N–H and O–H groups in total. The molecule has 0 saturated carbocycles. The van der Waals surface area contributed by atoms with Gasteiger partial charge in [0, 0.05) is 6.54 Å². The van der Waals surface area contributed by atoms with Crippen LogP contribution in [-0.2, 0) is 6.54 Å². The smallest absolute Gasteiger partial charge is 0.265 e. The van der Waals surface area contributed by atoms with Gasteiger partial charge in [0.25, 0.3) is 5.56 Å². The van der Waals surface area contributed by atoms with Crippen LogP contribution in [0, 0.1) is 6.92 Å². The number of hydrogen-bond donors (Lipinski definition) is 0. The summed E-state index contributed by atoms with van der Waals surface area (Å²) in [4.78, 5) is 27.1. The number of benzene rings is 2. The fourth-order valence-corrected chi connectivity index (χ4v) is 3.41. The van der Waals surface area contributed by atoms with Crippen molar-refractivity contribution >= 4 is 39.4 Å². The van der Waals surface area contributed by atoms with Gasteiger partial charge in [0.15, 0.2) is 11.3 Å². The highest BCUT2D eigenvalue weighted by atomic mass is 16.1. The summed E-state index contributed by atoms with van der Waals surface area (Å²) in [5, 5.41) is 5.00. The number of nitrogens with zero attached hydrogens (tertiary/aromatic N) is 6. The van der Waals surface area contributed by atoms with Crippen LogP contribution < -0.4 is 5.56 Å². The Labute approximate surface area is 171 Å². The third-order valence-electron chi connectivity index (χ3n) is 4.93. The lowest BCUT2D eigenvalue weighted by Gasteiger charge is -2.02. The summed E-state index contributed by atoms with van der Waals surface area (Å²) in [5.41, 5.74) is 4.76. The minimum absolute atomic E-state index is 0.196. The molecule has 0 unspecified atom stereocenters. The molecular formula is C23H18N6O. The minimum atomic E-state index is -0.196. The topological polar surface area (TPSA) is 78.0 Å². The van der Waals surface area contributed by atoms with E-state index < -0.39 is 0 Å². The van der Waals surface area contributed by atoms with E-state index in [0.717, 1.165) is 11.1 Å². The standard InChI is InChI=1S/C23H18N6O/c1-3-12-28-14-24-21-19(23(28)30)20-22(27-18-7-5-4-6-17(18)26-20)29(21)25-13-16-10-8-15(2)9-11-16/h3-11,13-14H,1,12H2,2H3/b25-13+. The molecule has 3 heterocycles. The molecular weight excluding hydrogens is 376 g/mol. The van der Waals surface area contributed by atoms with Crippen molar-refractivity contribution in [1.29, 1.82) is 0 Å². The summed E-state index contributed by atoms with van der Waals surface area (Å²) in [6.45, 7) is 6.11. The molecule has 5 aromatic rings. The van der Waals surface area contributed by atoms with Crippen molar-refractivity contribution in [2.45, 2.75) is 13.5 Å². The highest BCUT2D eigenvalue weighted by Gasteiger charge is 2.19. The number of rotatable bonds is 4. The van der Waals surface area contributed by atoms with Gasteiger partial charge >= 0.3 is 0 Å². The van der Waals surface area contributed by atoms with Crippen molar-refractivity contribution in [3.63, 3.8) is 0 Å². The van der Waals surface area contributed by atoms with Gasteiger partial charge in [-0.15, -0.1) is 6.58 Å². The van der Waals surface area contributed by atoms with E-state index in [-0.39, 0.29) is 5.56 Å². The summed E-state index contributed by atoms with van der Waals surface area (Å²) in [6, 6.07) is 15.6. The molecule has 0 atom stereocenters. The van der Waals surface area contributed by atoms with Crippen molar-refractivity contribution in [3.8, 4) is 0 Å². The maximum atomic E-state index is 13.1. The van der Waals surface area contributed by atoms with Crippen LogP contribution in [-0.4, -0.2) is 30.4 Å². The van der Waals surface area contributed by atoms with E-state index in [4.69, 9.17) is 9.97 Å². The second kappa shape index (κ2) is 7.04. The van der Waals surface area contributed by atoms with Gasteiger partial charge in [-0.05, 0) is 24.6 Å². The van der Waals surface area contributed by atoms with E-state index in [2.05, 4.69) is 16.7 Å². The fraction of sp³-hybridized carbons (Fsp3) is 0.0870. The molecule has 0 amide bonds. The average Bonchev–Trinajstić information content (AvgIpc) is 3.07. The molecule has 7 heteroatoms. The highest BCUT2D eigenvalue weighted by molar-refractivity contribution is 6.04. The first-order valence-electron chi connectivity index (χ1n) is 9.54. The van der Waals surface area contributed by atoms with E-state index in [9.17, 15) is 4.79 Å². The van der Waals surface area contributed by atoms with Crippen LogP contribution in [0.15, 0.2) is 77.4 Å². The van der Waals surface area contributed by atoms with Crippen molar-refractivity contribution in [2.24, 2.45) is 5.10 Å². The minimum Gasteiger partial charge on any atom is -0.295 e. The largest absolute Gasteiger partial charge is 0.295 e. The van der Waals surface area contributed by atoms with Crippen LogP contribution in [0.1, 0.15) is 11.1 Å². The molecule has 0 aliphatic carbocycles. The van der Waals surface area contributed by atoms with Gasteiger partial charge < -0.3 is 0 Å². The molecule has 146 valence electrons. The number of para-hydroxylation sites is 2. The molecule has 0 aliphatic heterocycles. The zero-order valence-electron chi connectivity index (χ0n) is 16.4. The number of aromatic nitrogens is 5. The molecule has 3 aromatic heterocycles. The average molecular weight is 394 g/mol. The summed E-state index contributed by atoms with van der Waals surface area (Å²) in [5.74, 6) is 0. The lowest BCUT2D eigenvalue weighted by atomic mass is 10.2. The Bertz CT molecular complexity index is 1510. The summed E-state index contributed by atoms with van der Waals surface area (Å²) in [7, 11) is 0. The van der Waals surface area contributed by atoms with Crippen molar-refractivity contribution in [3.05, 3.63) is 89.0 Å². The molecule has 0 radical (unpaired) electrons. The van der Waals surface area contributed by atoms with E-state index in [1.54, 1.807) is 17.0 Å². The molecule has 0 spiro atoms.